The van der Waals surface area contributed by atoms with E-state index in [2.05, 4.69) is 5.73 Å². The largest absolute Gasteiger partial charge is 0.483 e. The molecule has 2 unspecified atom stereocenters. The number of allylic oxidation sites excluding steroid dienone is 1. The summed E-state index contributed by atoms with van der Waals surface area (Å²) in [6.45, 7) is 0. The minimum atomic E-state index is -1.54. The molecule has 0 radical (unpaired) electrons. The van der Waals surface area contributed by atoms with Crippen molar-refractivity contribution in [2.24, 2.45) is 5.41 Å². The van der Waals surface area contributed by atoms with Gasteiger partial charge in [0.15, 0.2) is 11.2 Å². The first-order valence-electron chi connectivity index (χ1n) is 9.54. The maximum atomic E-state index is 13.7. The smallest absolute Gasteiger partial charge is 0.324 e. The van der Waals surface area contributed by atoms with Crippen molar-refractivity contribution in [3.05, 3.63) is 99.9 Å². The quantitative estimate of drug-likeness (QED) is 0.314. The van der Waals surface area contributed by atoms with Crippen LogP contribution in [-0.4, -0.2) is 18.9 Å². The Morgan fingerprint density at radius 2 is 1.93 bits per heavy atom. The van der Waals surface area contributed by atoms with Gasteiger partial charge in [0.25, 0.3) is 0 Å². The van der Waals surface area contributed by atoms with Gasteiger partial charge in [-0.2, -0.15) is 11.3 Å². The highest BCUT2D eigenvalue weighted by Crippen LogP contribution is 2.49. The fraction of sp³-hybridized carbons (Fsp3) is 0.160. The van der Waals surface area contributed by atoms with E-state index in [-0.39, 0.29) is 12.2 Å². The SMILES string of the molecule is COC(=O)C1(CC=C=Cc2ccsc2)C(=O)c2ccccc2OC1c1ccccc1. The summed E-state index contributed by atoms with van der Waals surface area (Å²) in [7, 11) is 1.30. The fourth-order valence-corrected chi connectivity index (χ4v) is 4.34. The Bertz CT molecular complexity index is 1110. The van der Waals surface area contributed by atoms with E-state index in [9.17, 15) is 9.59 Å². The summed E-state index contributed by atoms with van der Waals surface area (Å²) in [5.74, 6) is -0.461. The second-order valence-corrected chi connectivity index (χ2v) is 7.75. The van der Waals surface area contributed by atoms with Gasteiger partial charge in [-0.3, -0.25) is 9.59 Å². The van der Waals surface area contributed by atoms with E-state index in [1.807, 2.05) is 59.3 Å². The molecule has 0 fully saturated rings. The van der Waals surface area contributed by atoms with Crippen molar-refractivity contribution in [3.8, 4) is 5.75 Å². The average Bonchev–Trinajstić information content (AvgIpc) is 3.31. The molecule has 0 aliphatic carbocycles. The van der Waals surface area contributed by atoms with E-state index in [1.165, 1.54) is 7.11 Å². The number of esters is 1. The Balaban J connectivity index is 1.84. The third-order valence-corrected chi connectivity index (χ3v) is 5.92. The molecule has 0 bridgehead atoms. The summed E-state index contributed by atoms with van der Waals surface area (Å²) in [6.07, 6.45) is 2.82. The van der Waals surface area contributed by atoms with Crippen molar-refractivity contribution in [3.63, 3.8) is 0 Å². The van der Waals surface area contributed by atoms with Crippen molar-refractivity contribution in [2.75, 3.05) is 7.11 Å². The lowest BCUT2D eigenvalue weighted by Crippen LogP contribution is -2.49. The van der Waals surface area contributed by atoms with Crippen LogP contribution in [0.5, 0.6) is 5.75 Å². The zero-order valence-corrected chi connectivity index (χ0v) is 17.2. The molecule has 30 heavy (non-hydrogen) atoms. The molecule has 2 atom stereocenters. The van der Waals surface area contributed by atoms with Gasteiger partial charge >= 0.3 is 5.97 Å². The van der Waals surface area contributed by atoms with Gasteiger partial charge in [-0.15, -0.1) is 5.73 Å². The van der Waals surface area contributed by atoms with Crippen LogP contribution in [0.3, 0.4) is 0 Å². The summed E-state index contributed by atoms with van der Waals surface area (Å²) in [4.78, 5) is 26.8. The maximum Gasteiger partial charge on any atom is 0.324 e. The molecule has 1 aliphatic heterocycles. The molecule has 0 amide bonds. The Kier molecular flexibility index (Phi) is 5.66. The van der Waals surface area contributed by atoms with E-state index in [1.54, 1.807) is 35.6 Å². The summed E-state index contributed by atoms with van der Waals surface area (Å²) < 4.78 is 11.4. The van der Waals surface area contributed by atoms with Gasteiger partial charge in [-0.25, -0.2) is 0 Å². The molecule has 1 aromatic heterocycles. The summed E-state index contributed by atoms with van der Waals surface area (Å²) >= 11 is 1.59. The lowest BCUT2D eigenvalue weighted by Gasteiger charge is -2.40. The highest BCUT2D eigenvalue weighted by Gasteiger charge is 2.57. The average molecular weight is 416 g/mol. The number of rotatable bonds is 5. The maximum absolute atomic E-state index is 13.7. The minimum Gasteiger partial charge on any atom is -0.483 e. The molecule has 0 spiro atoms. The lowest BCUT2D eigenvalue weighted by molar-refractivity contribution is -0.155. The Hall–Kier alpha value is -3.40. The lowest BCUT2D eigenvalue weighted by atomic mass is 9.69. The van der Waals surface area contributed by atoms with Crippen molar-refractivity contribution in [2.45, 2.75) is 12.5 Å². The van der Waals surface area contributed by atoms with Crippen LogP contribution in [0, 0.1) is 5.41 Å². The van der Waals surface area contributed by atoms with Gasteiger partial charge in [0.1, 0.15) is 11.9 Å². The Labute approximate surface area is 179 Å². The molecule has 0 N–H and O–H groups in total. The number of Topliss-reactive ketones (excluding diaryl/α,β-unsaturated/α-hetero) is 1. The van der Waals surface area contributed by atoms with Crippen molar-refractivity contribution in [1.82, 2.24) is 0 Å². The van der Waals surface area contributed by atoms with Gasteiger partial charge < -0.3 is 9.47 Å². The van der Waals surface area contributed by atoms with Crippen molar-refractivity contribution in [1.29, 1.82) is 0 Å². The van der Waals surface area contributed by atoms with Crippen LogP contribution in [0.25, 0.3) is 6.08 Å². The summed E-state index contributed by atoms with van der Waals surface area (Å²) in [5.41, 5.74) is 3.69. The first-order chi connectivity index (χ1) is 14.7. The molecule has 0 saturated carbocycles. The molecular formula is C25H20O4S. The van der Waals surface area contributed by atoms with Crippen LogP contribution in [0.1, 0.15) is 34.0 Å². The Morgan fingerprint density at radius 3 is 2.67 bits per heavy atom. The predicted octanol–water partition coefficient (Wildman–Crippen LogP) is 5.48. The minimum absolute atomic E-state index is 0.104. The third kappa shape index (κ3) is 3.50. The van der Waals surface area contributed by atoms with Gasteiger partial charge in [0.05, 0.1) is 12.7 Å². The number of ether oxygens (including phenoxy) is 2. The topological polar surface area (TPSA) is 52.6 Å². The second kappa shape index (κ2) is 8.54. The molecule has 4 nitrogen and oxygen atoms in total. The number of fused-ring (bicyclic) bond motifs is 1. The number of hydrogen-bond acceptors (Lipinski definition) is 5. The Morgan fingerprint density at radius 1 is 1.17 bits per heavy atom. The second-order valence-electron chi connectivity index (χ2n) is 6.97. The van der Waals surface area contributed by atoms with E-state index < -0.39 is 17.5 Å². The number of carbonyl (C=O) groups is 2. The number of ketones is 1. The normalized spacial score (nSPS) is 19.8. The molecule has 3 aromatic rings. The zero-order valence-electron chi connectivity index (χ0n) is 16.4. The van der Waals surface area contributed by atoms with E-state index in [0.29, 0.717) is 11.3 Å². The molecular weight excluding hydrogens is 396 g/mol. The first-order valence-corrected chi connectivity index (χ1v) is 10.5. The highest BCUT2D eigenvalue weighted by atomic mass is 32.1. The molecule has 1 aliphatic rings. The van der Waals surface area contributed by atoms with Gasteiger partial charge in [-0.05, 0) is 52.2 Å². The molecule has 2 heterocycles. The highest BCUT2D eigenvalue weighted by molar-refractivity contribution is 7.08. The number of para-hydroxylation sites is 1. The standard InChI is InChI=1S/C25H20O4S/c1-28-24(27)25(15-8-7-9-18-14-16-30-17-18)22(26)20-12-5-6-13-21(20)29-23(25)19-10-3-2-4-11-19/h2-6,8-14,16-17,23H,15H2,1H3. The van der Waals surface area contributed by atoms with Gasteiger partial charge in [-0.1, -0.05) is 42.5 Å². The van der Waals surface area contributed by atoms with Crippen LogP contribution >= 0.6 is 11.3 Å². The van der Waals surface area contributed by atoms with Crippen LogP contribution in [0.15, 0.2) is 83.2 Å². The fourth-order valence-electron chi connectivity index (χ4n) is 3.72. The van der Waals surface area contributed by atoms with E-state index in [4.69, 9.17) is 9.47 Å². The monoisotopic (exact) mass is 416 g/mol. The van der Waals surface area contributed by atoms with Gasteiger partial charge in [0, 0.05) is 6.42 Å². The van der Waals surface area contributed by atoms with Crippen LogP contribution in [-0.2, 0) is 9.53 Å². The van der Waals surface area contributed by atoms with Crippen molar-refractivity contribution >= 4 is 29.2 Å². The molecule has 0 saturated heterocycles. The van der Waals surface area contributed by atoms with E-state index in [0.717, 1.165) is 11.1 Å². The molecule has 5 heteroatoms. The first kappa shape index (κ1) is 19.9. The number of thiophene rings is 1. The zero-order chi connectivity index (χ0) is 21.0. The van der Waals surface area contributed by atoms with Crippen LogP contribution < -0.4 is 4.74 Å². The third-order valence-electron chi connectivity index (χ3n) is 5.22. The predicted molar refractivity (Wildman–Crippen MR) is 117 cm³/mol. The van der Waals surface area contributed by atoms with Crippen LogP contribution in [0.4, 0.5) is 0 Å². The van der Waals surface area contributed by atoms with Crippen molar-refractivity contribution < 1.29 is 19.1 Å². The number of carbonyl (C=O) groups excluding carboxylic acids is 2. The van der Waals surface area contributed by atoms with Crippen LogP contribution in [0.2, 0.25) is 0 Å². The number of methoxy groups -OCH3 is 1. The molecule has 4 rings (SSSR count). The number of benzene rings is 2. The number of hydrogen-bond donors (Lipinski definition) is 0. The molecule has 2 aromatic carbocycles. The summed E-state index contributed by atoms with van der Waals surface area (Å²) in [5, 5.41) is 3.97. The summed E-state index contributed by atoms with van der Waals surface area (Å²) in [6, 6.07) is 18.3. The molecule has 150 valence electrons. The van der Waals surface area contributed by atoms with E-state index >= 15 is 0 Å². The van der Waals surface area contributed by atoms with Gasteiger partial charge in [0.2, 0.25) is 0 Å².